The summed E-state index contributed by atoms with van der Waals surface area (Å²) in [5.41, 5.74) is 7.26. The zero-order valence-corrected chi connectivity index (χ0v) is 12.8. The lowest BCUT2D eigenvalue weighted by Gasteiger charge is -2.28. The van der Waals surface area contributed by atoms with Gasteiger partial charge >= 0.3 is 0 Å². The van der Waals surface area contributed by atoms with E-state index in [1.54, 1.807) is 11.8 Å². The predicted octanol–water partition coefficient (Wildman–Crippen LogP) is 1.33. The highest BCUT2D eigenvalue weighted by Crippen LogP contribution is 2.36. The summed E-state index contributed by atoms with van der Waals surface area (Å²) in [5.74, 6) is 2.18. The molecule has 0 unspecified atom stereocenters. The number of ether oxygens (including phenoxy) is 1. The van der Waals surface area contributed by atoms with E-state index in [0.717, 1.165) is 29.9 Å². The third-order valence-corrected chi connectivity index (χ3v) is 6.43. The van der Waals surface area contributed by atoms with Crippen molar-refractivity contribution >= 4 is 27.5 Å². The molecule has 1 aromatic carbocycles. The molecular weight excluding hydrogens is 296 g/mol. The Kier molecular flexibility index (Phi) is 3.83. The van der Waals surface area contributed by atoms with Gasteiger partial charge in [-0.05, 0) is 30.5 Å². The van der Waals surface area contributed by atoms with Crippen molar-refractivity contribution in [3.63, 3.8) is 0 Å². The van der Waals surface area contributed by atoms with E-state index in [2.05, 4.69) is 0 Å². The molecule has 0 saturated carbocycles. The Morgan fingerprint density at radius 3 is 2.75 bits per heavy atom. The minimum Gasteiger partial charge on any atom is -0.492 e. The molecule has 7 heteroatoms. The van der Waals surface area contributed by atoms with Gasteiger partial charge in [0.15, 0.2) is 0 Å². The van der Waals surface area contributed by atoms with Crippen molar-refractivity contribution in [2.45, 2.75) is 17.7 Å². The van der Waals surface area contributed by atoms with Gasteiger partial charge in [-0.3, -0.25) is 0 Å². The van der Waals surface area contributed by atoms with Crippen LogP contribution in [0.5, 0.6) is 5.75 Å². The van der Waals surface area contributed by atoms with Crippen molar-refractivity contribution < 1.29 is 13.2 Å². The van der Waals surface area contributed by atoms with Gasteiger partial charge in [0.1, 0.15) is 10.6 Å². The molecule has 2 aliphatic heterocycles. The number of nitrogen functional groups attached to an aromatic ring is 1. The molecule has 20 heavy (non-hydrogen) atoms. The van der Waals surface area contributed by atoms with E-state index in [-0.39, 0.29) is 4.90 Å². The molecule has 2 N–H and O–H groups in total. The second-order valence-corrected chi connectivity index (χ2v) is 8.11. The number of sulfonamides is 1. The molecule has 1 saturated heterocycles. The standard InChI is InChI=1S/C13H18N2O3S2/c14-11-8-10-2-1-5-18-13(10)12(9-11)20(16,17)15-3-6-19-7-4-15/h8-9H,1-7,14H2. The molecule has 3 rings (SSSR count). The molecule has 0 spiro atoms. The monoisotopic (exact) mass is 314 g/mol. The molecule has 0 amide bonds. The Hall–Kier alpha value is -0.920. The first-order valence-corrected chi connectivity index (χ1v) is 9.31. The fraction of sp³-hybridized carbons (Fsp3) is 0.538. The maximum Gasteiger partial charge on any atom is 0.246 e. The summed E-state index contributed by atoms with van der Waals surface area (Å²) in [6, 6.07) is 3.35. The molecular formula is C13H18N2O3S2. The first kappa shape index (κ1) is 14.0. The number of fused-ring (bicyclic) bond motifs is 1. The van der Waals surface area contributed by atoms with Gasteiger partial charge in [0, 0.05) is 30.3 Å². The quantitative estimate of drug-likeness (QED) is 0.834. The third kappa shape index (κ3) is 2.49. The van der Waals surface area contributed by atoms with Crippen molar-refractivity contribution in [1.82, 2.24) is 4.31 Å². The minimum absolute atomic E-state index is 0.235. The summed E-state index contributed by atoms with van der Waals surface area (Å²) in [6.45, 7) is 1.67. The summed E-state index contributed by atoms with van der Waals surface area (Å²) in [6.07, 6.45) is 1.72. The number of aryl methyl sites for hydroxylation is 1. The molecule has 0 bridgehead atoms. The Labute approximate surface area is 123 Å². The van der Waals surface area contributed by atoms with Crippen LogP contribution in [0.15, 0.2) is 17.0 Å². The first-order chi connectivity index (χ1) is 9.59. The number of hydrogen-bond acceptors (Lipinski definition) is 5. The van der Waals surface area contributed by atoms with E-state index in [0.29, 0.717) is 31.1 Å². The van der Waals surface area contributed by atoms with Crippen LogP contribution in [0.3, 0.4) is 0 Å². The molecule has 5 nitrogen and oxygen atoms in total. The van der Waals surface area contributed by atoms with Gasteiger partial charge in [-0.25, -0.2) is 8.42 Å². The highest BCUT2D eigenvalue weighted by Gasteiger charge is 2.31. The van der Waals surface area contributed by atoms with Gasteiger partial charge in [0.05, 0.1) is 6.61 Å². The van der Waals surface area contributed by atoms with Gasteiger partial charge in [-0.1, -0.05) is 0 Å². The van der Waals surface area contributed by atoms with Crippen LogP contribution in [-0.2, 0) is 16.4 Å². The lowest BCUT2D eigenvalue weighted by Crippen LogP contribution is -2.38. The molecule has 1 aromatic rings. The van der Waals surface area contributed by atoms with Gasteiger partial charge in [-0.15, -0.1) is 0 Å². The third-order valence-electron chi connectivity index (χ3n) is 3.58. The van der Waals surface area contributed by atoms with Crippen molar-refractivity contribution in [3.8, 4) is 5.75 Å². The number of rotatable bonds is 2. The number of thioether (sulfide) groups is 1. The largest absolute Gasteiger partial charge is 0.492 e. The normalized spacial score (nSPS) is 20.2. The second kappa shape index (κ2) is 5.46. The lowest BCUT2D eigenvalue weighted by atomic mass is 10.1. The summed E-state index contributed by atoms with van der Waals surface area (Å²) >= 11 is 1.78. The molecule has 0 radical (unpaired) electrons. The smallest absolute Gasteiger partial charge is 0.246 e. The average Bonchev–Trinajstić information content (AvgIpc) is 2.47. The van der Waals surface area contributed by atoms with Crippen LogP contribution in [0.2, 0.25) is 0 Å². The van der Waals surface area contributed by atoms with Crippen molar-refractivity contribution in [2.24, 2.45) is 0 Å². The number of anilines is 1. The molecule has 0 atom stereocenters. The van der Waals surface area contributed by atoms with E-state index in [4.69, 9.17) is 10.5 Å². The Bertz CT molecular complexity index is 610. The van der Waals surface area contributed by atoms with Gasteiger partial charge < -0.3 is 10.5 Å². The van der Waals surface area contributed by atoms with Crippen LogP contribution in [0.25, 0.3) is 0 Å². The lowest BCUT2D eigenvalue weighted by molar-refractivity contribution is 0.279. The summed E-state index contributed by atoms with van der Waals surface area (Å²) in [7, 11) is -3.51. The Morgan fingerprint density at radius 2 is 2.00 bits per heavy atom. The SMILES string of the molecule is Nc1cc2c(c(S(=O)(=O)N3CCSCC3)c1)OCCC2. The van der Waals surface area contributed by atoms with Crippen molar-refractivity contribution in [3.05, 3.63) is 17.7 Å². The highest BCUT2D eigenvalue weighted by atomic mass is 32.2. The number of nitrogens with two attached hydrogens (primary N) is 1. The summed E-state index contributed by atoms with van der Waals surface area (Å²) < 4.78 is 32.7. The van der Waals surface area contributed by atoms with E-state index in [9.17, 15) is 8.42 Å². The summed E-state index contributed by atoms with van der Waals surface area (Å²) in [4.78, 5) is 0.235. The van der Waals surface area contributed by atoms with Crippen LogP contribution in [-0.4, -0.2) is 43.9 Å². The molecule has 110 valence electrons. The molecule has 1 fully saturated rings. The van der Waals surface area contributed by atoms with Crippen LogP contribution in [0.4, 0.5) is 5.69 Å². The van der Waals surface area contributed by atoms with E-state index in [1.807, 2.05) is 6.07 Å². The van der Waals surface area contributed by atoms with E-state index < -0.39 is 10.0 Å². The van der Waals surface area contributed by atoms with Crippen LogP contribution >= 0.6 is 11.8 Å². The molecule has 0 aromatic heterocycles. The van der Waals surface area contributed by atoms with Crippen molar-refractivity contribution in [1.29, 1.82) is 0 Å². The number of benzene rings is 1. The minimum atomic E-state index is -3.51. The van der Waals surface area contributed by atoms with Crippen LogP contribution < -0.4 is 10.5 Å². The Balaban J connectivity index is 2.06. The van der Waals surface area contributed by atoms with E-state index >= 15 is 0 Å². The average molecular weight is 314 g/mol. The zero-order chi connectivity index (χ0) is 14.2. The zero-order valence-electron chi connectivity index (χ0n) is 11.2. The maximum absolute atomic E-state index is 12.8. The van der Waals surface area contributed by atoms with Gasteiger partial charge in [0.25, 0.3) is 0 Å². The fourth-order valence-electron chi connectivity index (χ4n) is 2.59. The second-order valence-electron chi connectivity index (χ2n) is 4.98. The van der Waals surface area contributed by atoms with E-state index in [1.165, 1.54) is 10.4 Å². The molecule has 2 aliphatic rings. The van der Waals surface area contributed by atoms with Gasteiger partial charge in [-0.2, -0.15) is 16.1 Å². The van der Waals surface area contributed by atoms with Gasteiger partial charge in [0.2, 0.25) is 10.0 Å². The molecule has 0 aliphatic carbocycles. The molecule has 2 heterocycles. The highest BCUT2D eigenvalue weighted by molar-refractivity contribution is 7.99. The number of hydrogen-bond donors (Lipinski definition) is 1. The predicted molar refractivity (Wildman–Crippen MR) is 80.8 cm³/mol. The fourth-order valence-corrected chi connectivity index (χ4v) is 5.37. The summed E-state index contributed by atoms with van der Waals surface area (Å²) in [5, 5.41) is 0. The number of nitrogens with zero attached hydrogens (tertiary/aromatic N) is 1. The topological polar surface area (TPSA) is 72.6 Å². The Morgan fingerprint density at radius 1 is 1.25 bits per heavy atom. The van der Waals surface area contributed by atoms with Crippen LogP contribution in [0.1, 0.15) is 12.0 Å². The van der Waals surface area contributed by atoms with Crippen molar-refractivity contribution in [2.75, 3.05) is 36.9 Å². The van der Waals surface area contributed by atoms with Crippen LogP contribution in [0, 0.1) is 0 Å². The maximum atomic E-state index is 12.8. The first-order valence-electron chi connectivity index (χ1n) is 6.72.